The van der Waals surface area contributed by atoms with Crippen molar-refractivity contribution in [1.29, 1.82) is 0 Å². The summed E-state index contributed by atoms with van der Waals surface area (Å²) in [7, 11) is 0. The van der Waals surface area contributed by atoms with Crippen LogP contribution in [0.3, 0.4) is 0 Å². The van der Waals surface area contributed by atoms with Gasteiger partial charge in [-0.05, 0) is 49.1 Å². The Balaban J connectivity index is 1.32. The molecule has 1 saturated heterocycles. The number of hydrogen-bond donors (Lipinski definition) is 5. The van der Waals surface area contributed by atoms with Gasteiger partial charge in [-0.3, -0.25) is 19.2 Å². The summed E-state index contributed by atoms with van der Waals surface area (Å²) in [6.07, 6.45) is 10.2. The molecule has 1 aliphatic heterocycles. The Kier molecular flexibility index (Phi) is 9.30. The molecular formula is C28H40N8O5. The zero-order valence-electron chi connectivity index (χ0n) is 23.3. The molecule has 3 heterocycles. The quantitative estimate of drug-likeness (QED) is 0.273. The number of nitrogens with one attached hydrogen (secondary N) is 4. The molecule has 3 aliphatic rings. The zero-order valence-corrected chi connectivity index (χ0v) is 23.3. The first-order chi connectivity index (χ1) is 19.9. The van der Waals surface area contributed by atoms with Crippen LogP contribution in [0.25, 0.3) is 0 Å². The molecule has 222 valence electrons. The maximum atomic E-state index is 13.9. The highest BCUT2D eigenvalue weighted by Gasteiger charge is 2.43. The zero-order chi connectivity index (χ0) is 28.8. The molecule has 5 rings (SSSR count). The number of carbonyl (C=O) groups excluding carboxylic acids is 3. The smallest absolute Gasteiger partial charge is 0.303 e. The molecule has 41 heavy (non-hydrogen) atoms. The highest BCUT2D eigenvalue weighted by atomic mass is 16.4. The van der Waals surface area contributed by atoms with Crippen molar-refractivity contribution >= 4 is 23.7 Å². The van der Waals surface area contributed by atoms with Gasteiger partial charge in [-0.1, -0.05) is 50.2 Å². The van der Waals surface area contributed by atoms with Crippen molar-refractivity contribution in [2.24, 2.45) is 17.8 Å². The average Bonchev–Trinajstić information content (AvgIpc) is 3.81. The topological polar surface area (TPSA) is 186 Å². The summed E-state index contributed by atoms with van der Waals surface area (Å²) in [6, 6.07) is 2.62. The Morgan fingerprint density at radius 1 is 1.00 bits per heavy atom. The second-order valence-electron chi connectivity index (χ2n) is 11.7. The molecule has 13 nitrogen and oxygen atoms in total. The second-order valence-corrected chi connectivity index (χ2v) is 11.7. The summed E-state index contributed by atoms with van der Waals surface area (Å²) in [4.78, 5) is 55.7. The normalized spacial score (nSPS) is 22.5. The Hall–Kier alpha value is -3.77. The maximum Gasteiger partial charge on any atom is 0.303 e. The number of rotatable bonds is 11. The lowest BCUT2D eigenvalue weighted by Gasteiger charge is -2.27. The van der Waals surface area contributed by atoms with E-state index < -0.39 is 12.0 Å². The van der Waals surface area contributed by atoms with Crippen LogP contribution in [0.1, 0.15) is 105 Å². The molecule has 0 aromatic carbocycles. The molecule has 0 bridgehead atoms. The lowest BCUT2D eigenvalue weighted by atomic mass is 9.79. The number of tetrazole rings is 1. The van der Waals surface area contributed by atoms with Gasteiger partial charge in [0.1, 0.15) is 11.7 Å². The number of likely N-dealkylation sites (tertiary alicyclic amines) is 1. The number of hydrogen-bond acceptors (Lipinski definition) is 7. The highest BCUT2D eigenvalue weighted by molar-refractivity contribution is 5.97. The van der Waals surface area contributed by atoms with Crippen LogP contribution in [0.4, 0.5) is 0 Å². The fourth-order valence-electron chi connectivity index (χ4n) is 6.91. The van der Waals surface area contributed by atoms with E-state index in [0.717, 1.165) is 44.2 Å². The largest absolute Gasteiger partial charge is 0.481 e. The number of aliphatic carboxylic acids is 1. The number of carboxylic acid groups (broad SMARTS) is 1. The monoisotopic (exact) mass is 568 g/mol. The Bertz CT molecular complexity index is 1200. The van der Waals surface area contributed by atoms with Crippen LogP contribution in [0.2, 0.25) is 0 Å². The van der Waals surface area contributed by atoms with Crippen molar-refractivity contribution in [3.8, 4) is 0 Å². The van der Waals surface area contributed by atoms with Crippen LogP contribution in [0.5, 0.6) is 0 Å². The molecule has 3 amide bonds. The molecule has 1 unspecified atom stereocenters. The van der Waals surface area contributed by atoms with E-state index in [0.29, 0.717) is 30.4 Å². The van der Waals surface area contributed by atoms with E-state index in [1.807, 2.05) is 6.07 Å². The number of nitrogens with zero attached hydrogens (tertiary/aromatic N) is 4. The van der Waals surface area contributed by atoms with Gasteiger partial charge in [-0.15, -0.1) is 10.2 Å². The van der Waals surface area contributed by atoms with E-state index in [1.54, 1.807) is 11.0 Å². The van der Waals surface area contributed by atoms with Gasteiger partial charge < -0.3 is 25.6 Å². The number of amides is 3. The van der Waals surface area contributed by atoms with Gasteiger partial charge in [0.25, 0.3) is 5.91 Å². The molecule has 5 N–H and O–H groups in total. The third-order valence-electron chi connectivity index (χ3n) is 9.05. The molecule has 13 heteroatoms. The fraction of sp³-hybridized carbons (Fsp3) is 0.679. The Morgan fingerprint density at radius 3 is 2.46 bits per heavy atom. The van der Waals surface area contributed by atoms with E-state index in [4.69, 9.17) is 5.11 Å². The standard InChI is InChI=1S/C28H40N8O5/c37-24(12-13-25(38)39)31-26(18-8-4-5-9-18)20-10-11-21(30-20)28(41)36-16-19(17-6-2-1-3-7-17)14-22(36)27(40)29-15-23-32-34-35-33-23/h10-11,17-19,22,26,30H,1-9,12-16H2,(H,29,40)(H,31,37)(H,38,39)(H,32,33,34,35)/t19-,22+,26?/m1/s1. The third-order valence-corrected chi connectivity index (χ3v) is 9.05. The molecule has 2 aromatic heterocycles. The van der Waals surface area contributed by atoms with E-state index in [2.05, 4.69) is 36.2 Å². The van der Waals surface area contributed by atoms with Crippen LogP contribution < -0.4 is 10.6 Å². The van der Waals surface area contributed by atoms with Gasteiger partial charge in [0, 0.05) is 18.7 Å². The summed E-state index contributed by atoms with van der Waals surface area (Å²) >= 11 is 0. The van der Waals surface area contributed by atoms with Gasteiger partial charge in [0.2, 0.25) is 11.8 Å². The molecule has 2 saturated carbocycles. The van der Waals surface area contributed by atoms with Crippen molar-refractivity contribution in [3.05, 3.63) is 29.3 Å². The number of carboxylic acids is 1. The molecule has 0 radical (unpaired) electrons. The van der Waals surface area contributed by atoms with Crippen molar-refractivity contribution < 1.29 is 24.3 Å². The van der Waals surface area contributed by atoms with E-state index in [-0.39, 0.29) is 55.0 Å². The van der Waals surface area contributed by atoms with E-state index in [9.17, 15) is 19.2 Å². The molecule has 2 aliphatic carbocycles. The maximum absolute atomic E-state index is 13.9. The summed E-state index contributed by atoms with van der Waals surface area (Å²) in [5, 5.41) is 28.5. The van der Waals surface area contributed by atoms with Crippen molar-refractivity contribution in [3.63, 3.8) is 0 Å². The minimum atomic E-state index is -1.02. The second kappa shape index (κ2) is 13.3. The van der Waals surface area contributed by atoms with Crippen molar-refractivity contribution in [2.75, 3.05) is 6.54 Å². The molecule has 3 atom stereocenters. The van der Waals surface area contributed by atoms with E-state index >= 15 is 0 Å². The Morgan fingerprint density at radius 2 is 1.76 bits per heavy atom. The third kappa shape index (κ3) is 7.12. The van der Waals surface area contributed by atoms with Gasteiger partial charge in [-0.2, -0.15) is 5.21 Å². The predicted molar refractivity (Wildman–Crippen MR) is 146 cm³/mol. The number of carbonyl (C=O) groups is 4. The molecule has 2 aromatic rings. The predicted octanol–water partition coefficient (Wildman–Crippen LogP) is 2.47. The van der Waals surface area contributed by atoms with Gasteiger partial charge in [0.05, 0.1) is 19.0 Å². The van der Waals surface area contributed by atoms with Gasteiger partial charge >= 0.3 is 5.97 Å². The van der Waals surface area contributed by atoms with E-state index in [1.165, 1.54) is 19.3 Å². The lowest BCUT2D eigenvalue weighted by molar-refractivity contribution is -0.139. The lowest BCUT2D eigenvalue weighted by Crippen LogP contribution is -2.46. The minimum absolute atomic E-state index is 0.0952. The number of aromatic amines is 2. The summed E-state index contributed by atoms with van der Waals surface area (Å²) < 4.78 is 0. The first-order valence-corrected chi connectivity index (χ1v) is 14.9. The molecule has 3 fully saturated rings. The fourth-order valence-corrected chi connectivity index (χ4v) is 6.91. The SMILES string of the molecule is O=C(O)CCC(=O)NC(c1ccc(C(=O)N2C[C@H](C3CCCCC3)C[C@H]2C(=O)NCc2nn[nH]n2)[nH]1)C1CCCC1. The minimum Gasteiger partial charge on any atom is -0.481 e. The van der Waals surface area contributed by atoms with Crippen LogP contribution >= 0.6 is 0 Å². The van der Waals surface area contributed by atoms with Crippen LogP contribution in [0.15, 0.2) is 12.1 Å². The number of H-pyrrole nitrogens is 2. The highest BCUT2D eigenvalue weighted by Crippen LogP contribution is 2.39. The van der Waals surface area contributed by atoms with Crippen LogP contribution in [-0.2, 0) is 20.9 Å². The first kappa shape index (κ1) is 28.7. The van der Waals surface area contributed by atoms with Gasteiger partial charge in [0.15, 0.2) is 5.82 Å². The summed E-state index contributed by atoms with van der Waals surface area (Å²) in [5.74, 6) is -0.472. The van der Waals surface area contributed by atoms with Crippen molar-refractivity contribution in [1.82, 2.24) is 41.1 Å². The summed E-state index contributed by atoms with van der Waals surface area (Å²) in [6.45, 7) is 0.648. The molecular weight excluding hydrogens is 528 g/mol. The first-order valence-electron chi connectivity index (χ1n) is 14.9. The van der Waals surface area contributed by atoms with Crippen LogP contribution in [0, 0.1) is 17.8 Å². The van der Waals surface area contributed by atoms with Crippen LogP contribution in [-0.4, -0.2) is 71.9 Å². The summed E-state index contributed by atoms with van der Waals surface area (Å²) in [5.41, 5.74) is 1.10. The Labute approximate surface area is 238 Å². The molecule has 0 spiro atoms. The number of aromatic nitrogens is 5. The van der Waals surface area contributed by atoms with Gasteiger partial charge in [-0.25, -0.2) is 0 Å². The average molecular weight is 569 g/mol. The van der Waals surface area contributed by atoms with Crippen molar-refractivity contribution in [2.45, 2.75) is 95.7 Å².